The molecule has 0 saturated carbocycles. The quantitative estimate of drug-likeness (QED) is 0.744. The lowest BCUT2D eigenvalue weighted by Gasteiger charge is -2.15. The average Bonchev–Trinajstić information content (AvgIpc) is 3.19. The lowest BCUT2D eigenvalue weighted by molar-refractivity contribution is 0.254. The summed E-state index contributed by atoms with van der Waals surface area (Å²) in [5, 5.41) is 3.37. The number of aryl methyl sites for hydroxylation is 1. The Bertz CT molecular complexity index is 705. The van der Waals surface area contributed by atoms with Crippen LogP contribution in [-0.2, 0) is 7.05 Å². The van der Waals surface area contributed by atoms with E-state index < -0.39 is 0 Å². The number of likely N-dealkylation sites (tertiary alicyclic amines) is 1. The standard InChI is InChI=1S/C19H30N4O2/c1-14(2)20-19-21-15-12-18(17(24-4)13-16(15)22(19)3)25-11-7-10-23-8-5-6-9-23/h12-14H,5-11H2,1-4H3,(H,20,21). The fourth-order valence-corrected chi connectivity index (χ4v) is 3.34. The van der Waals surface area contributed by atoms with Gasteiger partial charge in [0.2, 0.25) is 5.95 Å². The lowest BCUT2D eigenvalue weighted by atomic mass is 10.2. The maximum Gasteiger partial charge on any atom is 0.203 e. The highest BCUT2D eigenvalue weighted by molar-refractivity contribution is 5.82. The van der Waals surface area contributed by atoms with Crippen molar-refractivity contribution in [2.75, 3.05) is 38.7 Å². The molecule has 25 heavy (non-hydrogen) atoms. The van der Waals surface area contributed by atoms with Crippen molar-refractivity contribution >= 4 is 17.0 Å². The molecule has 1 aliphatic heterocycles. The lowest BCUT2D eigenvalue weighted by Crippen LogP contribution is -2.21. The first kappa shape index (κ1) is 17.9. The van der Waals surface area contributed by atoms with Crippen molar-refractivity contribution in [3.05, 3.63) is 12.1 Å². The highest BCUT2D eigenvalue weighted by Crippen LogP contribution is 2.33. The number of hydrogen-bond donors (Lipinski definition) is 1. The molecule has 1 fully saturated rings. The second-order valence-corrected chi connectivity index (χ2v) is 7.04. The van der Waals surface area contributed by atoms with Crippen LogP contribution in [-0.4, -0.2) is 53.8 Å². The first-order valence-electron chi connectivity index (χ1n) is 9.24. The van der Waals surface area contributed by atoms with Gasteiger partial charge >= 0.3 is 0 Å². The van der Waals surface area contributed by atoms with Crippen LogP contribution in [0, 0.1) is 0 Å². The zero-order valence-electron chi connectivity index (χ0n) is 15.8. The van der Waals surface area contributed by atoms with Gasteiger partial charge in [-0.3, -0.25) is 0 Å². The van der Waals surface area contributed by atoms with E-state index in [9.17, 15) is 0 Å². The zero-order valence-corrected chi connectivity index (χ0v) is 15.8. The Morgan fingerprint density at radius 1 is 1.20 bits per heavy atom. The largest absolute Gasteiger partial charge is 0.493 e. The van der Waals surface area contributed by atoms with Crippen molar-refractivity contribution in [1.29, 1.82) is 0 Å². The van der Waals surface area contributed by atoms with E-state index in [0.29, 0.717) is 12.6 Å². The highest BCUT2D eigenvalue weighted by atomic mass is 16.5. The Labute approximate surface area is 150 Å². The molecule has 0 aliphatic carbocycles. The molecular weight excluding hydrogens is 316 g/mol. The van der Waals surface area contributed by atoms with Gasteiger partial charge in [0.15, 0.2) is 11.5 Å². The number of ether oxygens (including phenoxy) is 2. The summed E-state index contributed by atoms with van der Waals surface area (Å²) >= 11 is 0. The van der Waals surface area contributed by atoms with E-state index in [1.807, 2.05) is 19.2 Å². The fourth-order valence-electron chi connectivity index (χ4n) is 3.34. The van der Waals surface area contributed by atoms with Crippen molar-refractivity contribution in [1.82, 2.24) is 14.5 Å². The smallest absolute Gasteiger partial charge is 0.203 e. The Morgan fingerprint density at radius 2 is 1.96 bits per heavy atom. The number of anilines is 1. The van der Waals surface area contributed by atoms with Crippen LogP contribution in [0.4, 0.5) is 5.95 Å². The molecule has 0 amide bonds. The minimum Gasteiger partial charge on any atom is -0.493 e. The van der Waals surface area contributed by atoms with E-state index in [2.05, 4.69) is 33.6 Å². The number of methoxy groups -OCH3 is 1. The number of aromatic nitrogens is 2. The maximum atomic E-state index is 6.00. The predicted molar refractivity (Wildman–Crippen MR) is 102 cm³/mol. The highest BCUT2D eigenvalue weighted by Gasteiger charge is 2.15. The first-order chi connectivity index (χ1) is 12.1. The van der Waals surface area contributed by atoms with E-state index >= 15 is 0 Å². The molecule has 1 saturated heterocycles. The van der Waals surface area contributed by atoms with Gasteiger partial charge in [0.05, 0.1) is 24.8 Å². The molecule has 0 radical (unpaired) electrons. The molecule has 0 spiro atoms. The second-order valence-electron chi connectivity index (χ2n) is 7.04. The number of rotatable bonds is 8. The number of nitrogens with zero attached hydrogens (tertiary/aromatic N) is 3. The minimum absolute atomic E-state index is 0.332. The van der Waals surface area contributed by atoms with Gasteiger partial charge in [-0.1, -0.05) is 0 Å². The molecular formula is C19H30N4O2. The van der Waals surface area contributed by atoms with E-state index in [-0.39, 0.29) is 0 Å². The van der Waals surface area contributed by atoms with Gasteiger partial charge in [-0.15, -0.1) is 0 Å². The molecule has 2 aromatic rings. The van der Waals surface area contributed by atoms with Crippen molar-refractivity contribution in [3.63, 3.8) is 0 Å². The predicted octanol–water partition coefficient (Wildman–Crippen LogP) is 3.27. The Kier molecular flexibility index (Phi) is 5.68. The summed E-state index contributed by atoms with van der Waals surface area (Å²) in [5.41, 5.74) is 1.95. The molecule has 1 N–H and O–H groups in total. The van der Waals surface area contributed by atoms with Crippen molar-refractivity contribution in [2.45, 2.75) is 39.2 Å². The Balaban J connectivity index is 1.70. The topological polar surface area (TPSA) is 51.6 Å². The summed E-state index contributed by atoms with van der Waals surface area (Å²) in [4.78, 5) is 7.19. The molecule has 3 rings (SSSR count). The number of benzene rings is 1. The Morgan fingerprint density at radius 3 is 2.64 bits per heavy atom. The molecule has 1 aromatic heterocycles. The van der Waals surface area contributed by atoms with Gasteiger partial charge in [-0.2, -0.15) is 0 Å². The third-order valence-corrected chi connectivity index (χ3v) is 4.66. The van der Waals surface area contributed by atoms with Crippen molar-refractivity contribution in [2.24, 2.45) is 7.05 Å². The van der Waals surface area contributed by atoms with Gasteiger partial charge in [0.25, 0.3) is 0 Å². The third kappa shape index (κ3) is 4.18. The summed E-state index contributed by atoms with van der Waals surface area (Å²) in [6, 6.07) is 4.32. The Hall–Kier alpha value is -1.95. The van der Waals surface area contributed by atoms with Crippen LogP contribution in [0.25, 0.3) is 11.0 Å². The first-order valence-corrected chi connectivity index (χ1v) is 9.24. The van der Waals surface area contributed by atoms with Crippen LogP contribution in [0.15, 0.2) is 12.1 Å². The monoisotopic (exact) mass is 346 g/mol. The molecule has 0 atom stereocenters. The van der Waals surface area contributed by atoms with Crippen molar-refractivity contribution in [3.8, 4) is 11.5 Å². The van der Waals surface area contributed by atoms with E-state index in [4.69, 9.17) is 9.47 Å². The third-order valence-electron chi connectivity index (χ3n) is 4.66. The van der Waals surface area contributed by atoms with Crippen LogP contribution in [0.2, 0.25) is 0 Å². The summed E-state index contributed by atoms with van der Waals surface area (Å²) in [6.07, 6.45) is 3.69. The molecule has 0 bridgehead atoms. The van der Waals surface area contributed by atoms with E-state index in [1.54, 1.807) is 7.11 Å². The maximum absolute atomic E-state index is 6.00. The summed E-state index contributed by atoms with van der Waals surface area (Å²) < 4.78 is 13.6. The summed E-state index contributed by atoms with van der Waals surface area (Å²) in [5.74, 6) is 2.39. The average molecular weight is 346 g/mol. The molecule has 6 heteroatoms. The second kappa shape index (κ2) is 7.95. The van der Waals surface area contributed by atoms with E-state index in [1.165, 1.54) is 25.9 Å². The van der Waals surface area contributed by atoms with Gasteiger partial charge in [0, 0.05) is 31.8 Å². The SMILES string of the molecule is COc1cc2c(cc1OCCCN1CCCC1)nc(NC(C)C)n2C. The van der Waals surface area contributed by atoms with Crippen molar-refractivity contribution < 1.29 is 9.47 Å². The van der Waals surface area contributed by atoms with Crippen LogP contribution in [0.1, 0.15) is 33.1 Å². The van der Waals surface area contributed by atoms with Crippen LogP contribution >= 0.6 is 0 Å². The number of nitrogens with one attached hydrogen (secondary N) is 1. The zero-order chi connectivity index (χ0) is 17.8. The minimum atomic E-state index is 0.332. The molecule has 1 aromatic carbocycles. The molecule has 138 valence electrons. The fraction of sp³-hybridized carbons (Fsp3) is 0.632. The number of fused-ring (bicyclic) bond motifs is 1. The summed E-state index contributed by atoms with van der Waals surface area (Å²) in [6.45, 7) is 8.48. The summed E-state index contributed by atoms with van der Waals surface area (Å²) in [7, 11) is 3.69. The number of imidazole rings is 1. The number of hydrogen-bond acceptors (Lipinski definition) is 5. The van der Waals surface area contributed by atoms with Gasteiger partial charge < -0.3 is 24.3 Å². The van der Waals surface area contributed by atoms with Gasteiger partial charge in [-0.25, -0.2) is 4.98 Å². The normalized spacial score (nSPS) is 15.2. The molecule has 1 aliphatic rings. The van der Waals surface area contributed by atoms with Crippen LogP contribution in [0.5, 0.6) is 11.5 Å². The molecule has 2 heterocycles. The molecule has 6 nitrogen and oxygen atoms in total. The van der Waals surface area contributed by atoms with E-state index in [0.717, 1.165) is 41.4 Å². The van der Waals surface area contributed by atoms with Crippen LogP contribution in [0.3, 0.4) is 0 Å². The van der Waals surface area contributed by atoms with Gasteiger partial charge in [0.1, 0.15) is 0 Å². The van der Waals surface area contributed by atoms with Gasteiger partial charge in [-0.05, 0) is 46.2 Å². The molecule has 0 unspecified atom stereocenters. The van der Waals surface area contributed by atoms with Crippen LogP contribution < -0.4 is 14.8 Å².